The van der Waals surface area contributed by atoms with Crippen molar-refractivity contribution in [3.05, 3.63) is 40.3 Å². The summed E-state index contributed by atoms with van der Waals surface area (Å²) in [6.07, 6.45) is 0.602. The van der Waals surface area contributed by atoms with Gasteiger partial charge in [-0.1, -0.05) is 32.0 Å². The number of ether oxygens (including phenoxy) is 1. The van der Waals surface area contributed by atoms with Gasteiger partial charge in [-0.05, 0) is 18.4 Å². The summed E-state index contributed by atoms with van der Waals surface area (Å²) in [4.78, 5) is 25.0. The molecule has 128 valence electrons. The molecule has 0 bridgehead atoms. The third-order valence-corrected chi connectivity index (χ3v) is 4.90. The maximum Gasteiger partial charge on any atom is 0.359 e. The van der Waals surface area contributed by atoms with Gasteiger partial charge < -0.3 is 4.74 Å². The first-order valence-electron chi connectivity index (χ1n) is 7.84. The first-order chi connectivity index (χ1) is 11.3. The zero-order valence-corrected chi connectivity index (χ0v) is 15.0. The monoisotopic (exact) mass is 368 g/mol. The molecule has 1 atom stereocenters. The van der Waals surface area contributed by atoms with Crippen LogP contribution >= 0.6 is 23.2 Å². The van der Waals surface area contributed by atoms with E-state index in [1.165, 1.54) is 4.68 Å². The van der Waals surface area contributed by atoms with E-state index in [4.69, 9.17) is 27.9 Å². The van der Waals surface area contributed by atoms with E-state index in [9.17, 15) is 9.59 Å². The van der Waals surface area contributed by atoms with Crippen molar-refractivity contribution in [2.24, 2.45) is 11.8 Å². The van der Waals surface area contributed by atoms with E-state index in [1.807, 2.05) is 13.8 Å². The number of aromatic nitrogens is 2. The van der Waals surface area contributed by atoms with Gasteiger partial charge in [0.05, 0.1) is 12.0 Å². The predicted molar refractivity (Wildman–Crippen MR) is 93.7 cm³/mol. The predicted octanol–water partition coefficient (Wildman–Crippen LogP) is 3.40. The molecule has 0 saturated heterocycles. The van der Waals surface area contributed by atoms with E-state index >= 15 is 0 Å². The smallest absolute Gasteiger partial charge is 0.359 e. The first kappa shape index (κ1) is 17.2. The van der Waals surface area contributed by atoms with Crippen LogP contribution in [0.15, 0.2) is 29.1 Å². The fourth-order valence-electron chi connectivity index (χ4n) is 2.55. The van der Waals surface area contributed by atoms with E-state index in [0.29, 0.717) is 23.7 Å². The Morgan fingerprint density at radius 2 is 2.00 bits per heavy atom. The van der Waals surface area contributed by atoms with Gasteiger partial charge in [-0.25, -0.2) is 9.48 Å². The molecule has 1 saturated carbocycles. The molecule has 2 aromatic rings. The highest BCUT2D eigenvalue weighted by molar-refractivity contribution is 6.50. The van der Waals surface area contributed by atoms with E-state index in [2.05, 4.69) is 5.10 Å². The van der Waals surface area contributed by atoms with Crippen LogP contribution in [0, 0.1) is 11.8 Å². The molecule has 0 spiro atoms. The number of alkyl halides is 2. The Bertz CT molecular complexity index is 845. The lowest BCUT2D eigenvalue weighted by molar-refractivity contribution is 0.0477. The van der Waals surface area contributed by atoms with Gasteiger partial charge in [-0.15, -0.1) is 23.2 Å². The Labute approximate surface area is 149 Å². The lowest BCUT2D eigenvalue weighted by Crippen LogP contribution is -2.28. The van der Waals surface area contributed by atoms with Crippen molar-refractivity contribution in [1.82, 2.24) is 9.78 Å². The summed E-state index contributed by atoms with van der Waals surface area (Å²) in [5.41, 5.74) is -0.0696. The van der Waals surface area contributed by atoms with Gasteiger partial charge in [0.15, 0.2) is 5.69 Å². The Morgan fingerprint density at radius 3 is 2.58 bits per heavy atom. The van der Waals surface area contributed by atoms with Gasteiger partial charge in [0.2, 0.25) is 0 Å². The first-order valence-corrected chi connectivity index (χ1v) is 8.60. The molecule has 0 amide bonds. The van der Waals surface area contributed by atoms with Crippen LogP contribution in [0.3, 0.4) is 0 Å². The van der Waals surface area contributed by atoms with E-state index in [-0.39, 0.29) is 29.7 Å². The highest BCUT2D eigenvalue weighted by Crippen LogP contribution is 2.53. The molecule has 0 unspecified atom stereocenters. The van der Waals surface area contributed by atoms with Gasteiger partial charge in [0.1, 0.15) is 4.33 Å². The summed E-state index contributed by atoms with van der Waals surface area (Å²) in [5, 5.41) is 5.19. The summed E-state index contributed by atoms with van der Waals surface area (Å²) in [7, 11) is 0. The van der Waals surface area contributed by atoms with Crippen molar-refractivity contribution >= 4 is 39.9 Å². The highest BCUT2D eigenvalue weighted by Gasteiger charge is 2.52. The van der Waals surface area contributed by atoms with Crippen molar-refractivity contribution in [2.75, 3.05) is 6.61 Å². The van der Waals surface area contributed by atoms with Crippen LogP contribution < -0.4 is 5.56 Å². The molecule has 1 fully saturated rings. The van der Waals surface area contributed by atoms with Crippen LogP contribution in [0.1, 0.15) is 30.8 Å². The number of fused-ring (bicyclic) bond motifs is 1. The average Bonchev–Trinajstić information content (AvgIpc) is 3.14. The minimum absolute atomic E-state index is 0.0578. The Morgan fingerprint density at radius 1 is 1.38 bits per heavy atom. The highest BCUT2D eigenvalue weighted by atomic mass is 35.5. The molecular formula is C17H18Cl2N2O3. The second-order valence-electron chi connectivity index (χ2n) is 6.54. The summed E-state index contributed by atoms with van der Waals surface area (Å²) < 4.78 is 5.84. The van der Waals surface area contributed by atoms with Gasteiger partial charge in [-0.2, -0.15) is 5.10 Å². The van der Waals surface area contributed by atoms with Crippen LogP contribution in [-0.4, -0.2) is 26.7 Å². The van der Waals surface area contributed by atoms with Gasteiger partial charge in [-0.3, -0.25) is 4.79 Å². The molecule has 24 heavy (non-hydrogen) atoms. The lowest BCUT2D eigenvalue weighted by atomic mass is 10.1. The van der Waals surface area contributed by atoms with E-state index < -0.39 is 10.3 Å². The largest absolute Gasteiger partial charge is 0.460 e. The Balaban J connectivity index is 1.95. The molecule has 1 aromatic carbocycles. The topological polar surface area (TPSA) is 61.2 Å². The number of halogens is 2. The van der Waals surface area contributed by atoms with E-state index in [0.717, 1.165) is 0 Å². The molecule has 1 heterocycles. The number of hydrogen-bond acceptors (Lipinski definition) is 4. The number of hydrogen-bond donors (Lipinski definition) is 0. The van der Waals surface area contributed by atoms with Gasteiger partial charge in [0.25, 0.3) is 5.56 Å². The minimum Gasteiger partial charge on any atom is -0.460 e. The fourth-order valence-corrected chi connectivity index (χ4v) is 3.05. The third-order valence-electron chi connectivity index (χ3n) is 3.97. The number of nitrogens with zero attached hydrogens (tertiary/aromatic N) is 2. The van der Waals surface area contributed by atoms with Crippen LogP contribution in [0.25, 0.3) is 10.8 Å². The Hall–Kier alpha value is -1.59. The molecule has 0 radical (unpaired) electrons. The number of rotatable bonds is 5. The van der Waals surface area contributed by atoms with Gasteiger partial charge >= 0.3 is 5.97 Å². The van der Waals surface area contributed by atoms with Crippen molar-refractivity contribution < 1.29 is 9.53 Å². The molecule has 7 heteroatoms. The van der Waals surface area contributed by atoms with Crippen LogP contribution in [0.4, 0.5) is 0 Å². The number of benzene rings is 1. The van der Waals surface area contributed by atoms with Gasteiger partial charge in [0, 0.05) is 17.8 Å². The maximum atomic E-state index is 12.5. The normalized spacial score (nSPS) is 18.8. The average molecular weight is 369 g/mol. The van der Waals surface area contributed by atoms with Crippen molar-refractivity contribution in [3.63, 3.8) is 0 Å². The zero-order valence-electron chi connectivity index (χ0n) is 13.5. The van der Waals surface area contributed by atoms with Crippen molar-refractivity contribution in [3.8, 4) is 0 Å². The second kappa shape index (κ2) is 6.37. The molecule has 0 N–H and O–H groups in total. The molecule has 5 nitrogen and oxygen atoms in total. The lowest BCUT2D eigenvalue weighted by Gasteiger charge is -2.12. The standard InChI is InChI=1S/C17H18Cl2N2O3/c1-10(2)8-21-15(22)13-6-4-3-5-12(13)14(20-21)16(23)24-9-11-7-17(11,18)19/h3-6,10-11H,7-9H2,1-2H3/t11-/m0/s1. The molecule has 0 aliphatic heterocycles. The summed E-state index contributed by atoms with van der Waals surface area (Å²) >= 11 is 11.9. The quantitative estimate of drug-likeness (QED) is 0.599. The zero-order chi connectivity index (χ0) is 17.5. The molecule has 1 aromatic heterocycles. The SMILES string of the molecule is CC(C)Cn1nc(C(=O)OC[C@@H]2CC2(Cl)Cl)c2ccccc2c1=O. The summed E-state index contributed by atoms with van der Waals surface area (Å²) in [6.45, 7) is 4.54. The van der Waals surface area contributed by atoms with Crippen LogP contribution in [0.2, 0.25) is 0 Å². The Kier molecular flexibility index (Phi) is 4.58. The maximum absolute atomic E-state index is 12.5. The summed E-state index contributed by atoms with van der Waals surface area (Å²) in [6, 6.07) is 6.91. The van der Waals surface area contributed by atoms with E-state index in [1.54, 1.807) is 24.3 Å². The second-order valence-corrected chi connectivity index (χ2v) is 8.08. The fraction of sp³-hybridized carbons (Fsp3) is 0.471. The van der Waals surface area contributed by atoms with Crippen molar-refractivity contribution in [1.29, 1.82) is 0 Å². The number of carbonyl (C=O) groups is 1. The third kappa shape index (κ3) is 3.42. The van der Waals surface area contributed by atoms with Crippen LogP contribution in [0.5, 0.6) is 0 Å². The number of esters is 1. The summed E-state index contributed by atoms with van der Waals surface area (Å²) in [5.74, 6) is -0.405. The molecular weight excluding hydrogens is 351 g/mol. The number of carbonyl (C=O) groups excluding carboxylic acids is 1. The van der Waals surface area contributed by atoms with Crippen LogP contribution in [-0.2, 0) is 11.3 Å². The minimum atomic E-state index is -0.799. The van der Waals surface area contributed by atoms with Crippen molar-refractivity contribution in [2.45, 2.75) is 31.1 Å². The molecule has 3 rings (SSSR count). The molecule has 1 aliphatic rings. The molecule has 1 aliphatic carbocycles.